The van der Waals surface area contributed by atoms with Crippen molar-refractivity contribution in [2.24, 2.45) is 0 Å². The summed E-state index contributed by atoms with van der Waals surface area (Å²) in [6, 6.07) is 22.0. The second-order valence-electron chi connectivity index (χ2n) is 7.24. The summed E-state index contributed by atoms with van der Waals surface area (Å²) in [5.74, 6) is 0.450. The third-order valence-electron chi connectivity index (χ3n) is 4.73. The maximum atomic E-state index is 12.6. The van der Waals surface area contributed by atoms with Gasteiger partial charge in [0.05, 0.1) is 12.6 Å². The van der Waals surface area contributed by atoms with E-state index in [0.29, 0.717) is 23.5 Å². The molecule has 0 unspecified atom stereocenters. The number of fused-ring (bicyclic) bond motifs is 1. The smallest absolute Gasteiger partial charge is 0.258 e. The topological polar surface area (TPSA) is 58.6 Å². The molecule has 146 valence electrons. The summed E-state index contributed by atoms with van der Waals surface area (Å²) < 4.78 is 5.65. The lowest BCUT2D eigenvalue weighted by atomic mass is 10.1. The van der Waals surface area contributed by atoms with Crippen molar-refractivity contribution in [2.45, 2.75) is 26.5 Å². The highest BCUT2D eigenvalue weighted by Crippen LogP contribution is 2.29. The fourth-order valence-corrected chi connectivity index (χ4v) is 3.37. The minimum absolute atomic E-state index is 0.000599. The van der Waals surface area contributed by atoms with E-state index in [2.05, 4.69) is 5.32 Å². The zero-order valence-corrected chi connectivity index (χ0v) is 16.4. The van der Waals surface area contributed by atoms with Gasteiger partial charge in [-0.05, 0) is 67.9 Å². The van der Waals surface area contributed by atoms with Crippen molar-refractivity contribution in [3.05, 3.63) is 89.5 Å². The van der Waals surface area contributed by atoms with E-state index in [1.54, 1.807) is 35.2 Å². The largest absolute Gasteiger partial charge is 0.491 e. The minimum Gasteiger partial charge on any atom is -0.491 e. The molecule has 0 saturated carbocycles. The van der Waals surface area contributed by atoms with Gasteiger partial charge in [-0.25, -0.2) is 0 Å². The summed E-state index contributed by atoms with van der Waals surface area (Å²) in [7, 11) is 0. The molecule has 4 rings (SSSR count). The van der Waals surface area contributed by atoms with Crippen molar-refractivity contribution >= 4 is 23.2 Å². The van der Waals surface area contributed by atoms with Crippen LogP contribution in [0, 0.1) is 0 Å². The summed E-state index contributed by atoms with van der Waals surface area (Å²) >= 11 is 0. The summed E-state index contributed by atoms with van der Waals surface area (Å²) in [6.45, 7) is 4.44. The molecule has 1 N–H and O–H groups in total. The Kier molecular flexibility index (Phi) is 5.04. The Morgan fingerprint density at radius 3 is 2.48 bits per heavy atom. The van der Waals surface area contributed by atoms with Crippen molar-refractivity contribution in [3.8, 4) is 5.75 Å². The second kappa shape index (κ2) is 7.80. The molecule has 0 bridgehead atoms. The summed E-state index contributed by atoms with van der Waals surface area (Å²) in [4.78, 5) is 26.9. The molecule has 1 heterocycles. The first kappa shape index (κ1) is 18.7. The van der Waals surface area contributed by atoms with Crippen LogP contribution < -0.4 is 15.0 Å². The van der Waals surface area contributed by atoms with Crippen LogP contribution >= 0.6 is 0 Å². The number of hydrogen-bond donors (Lipinski definition) is 1. The molecule has 0 saturated heterocycles. The van der Waals surface area contributed by atoms with Gasteiger partial charge in [-0.2, -0.15) is 0 Å². The van der Waals surface area contributed by atoms with Gasteiger partial charge in [-0.15, -0.1) is 0 Å². The Bertz CT molecular complexity index is 1060. The van der Waals surface area contributed by atoms with Crippen LogP contribution in [0.3, 0.4) is 0 Å². The number of anilines is 2. The average Bonchev–Trinajstić information content (AvgIpc) is 3.05. The molecular formula is C24H22N2O3. The molecule has 0 fully saturated rings. The van der Waals surface area contributed by atoms with Crippen LogP contribution in [-0.2, 0) is 6.54 Å². The fourth-order valence-electron chi connectivity index (χ4n) is 3.37. The lowest BCUT2D eigenvalue weighted by Gasteiger charge is -2.16. The Morgan fingerprint density at radius 1 is 1.00 bits per heavy atom. The lowest BCUT2D eigenvalue weighted by molar-refractivity contribution is 0.0994. The summed E-state index contributed by atoms with van der Waals surface area (Å²) in [5.41, 5.74) is 3.76. The minimum atomic E-state index is -0.211. The van der Waals surface area contributed by atoms with Crippen molar-refractivity contribution in [1.29, 1.82) is 0 Å². The van der Waals surface area contributed by atoms with E-state index >= 15 is 0 Å². The van der Waals surface area contributed by atoms with Gasteiger partial charge in [0.25, 0.3) is 11.8 Å². The van der Waals surface area contributed by atoms with Crippen LogP contribution in [0.15, 0.2) is 72.8 Å². The molecular weight excluding hydrogens is 364 g/mol. The van der Waals surface area contributed by atoms with Crippen LogP contribution in [0.5, 0.6) is 5.75 Å². The van der Waals surface area contributed by atoms with Gasteiger partial charge in [-0.3, -0.25) is 9.59 Å². The highest BCUT2D eigenvalue weighted by Gasteiger charge is 2.27. The number of ether oxygens (including phenoxy) is 1. The highest BCUT2D eigenvalue weighted by atomic mass is 16.5. The quantitative estimate of drug-likeness (QED) is 0.679. The first-order valence-corrected chi connectivity index (χ1v) is 9.59. The first-order chi connectivity index (χ1) is 14.0. The monoisotopic (exact) mass is 386 g/mol. The Morgan fingerprint density at radius 2 is 1.76 bits per heavy atom. The molecule has 1 aliphatic rings. The van der Waals surface area contributed by atoms with Crippen LogP contribution in [0.1, 0.15) is 40.1 Å². The average molecular weight is 386 g/mol. The summed E-state index contributed by atoms with van der Waals surface area (Å²) in [5, 5.41) is 2.89. The molecule has 3 aromatic rings. The number of rotatable bonds is 5. The maximum Gasteiger partial charge on any atom is 0.258 e. The normalized spacial score (nSPS) is 12.8. The predicted molar refractivity (Wildman–Crippen MR) is 114 cm³/mol. The van der Waals surface area contributed by atoms with Gasteiger partial charge in [0.2, 0.25) is 0 Å². The van der Waals surface area contributed by atoms with Crippen LogP contribution in [0.4, 0.5) is 11.4 Å². The number of carbonyl (C=O) groups excluding carboxylic acids is 2. The lowest BCUT2D eigenvalue weighted by Crippen LogP contribution is -2.22. The van der Waals surface area contributed by atoms with Gasteiger partial charge in [0.1, 0.15) is 5.75 Å². The highest BCUT2D eigenvalue weighted by molar-refractivity contribution is 6.10. The molecule has 29 heavy (non-hydrogen) atoms. The summed E-state index contributed by atoms with van der Waals surface area (Å²) in [6.07, 6.45) is 0.0419. The third-order valence-corrected chi connectivity index (χ3v) is 4.73. The van der Waals surface area contributed by atoms with E-state index in [4.69, 9.17) is 4.74 Å². The molecule has 0 atom stereocenters. The first-order valence-electron chi connectivity index (χ1n) is 9.59. The predicted octanol–water partition coefficient (Wildman–Crippen LogP) is 4.89. The Labute approximate surface area is 169 Å². The van der Waals surface area contributed by atoms with E-state index in [0.717, 1.165) is 16.8 Å². The van der Waals surface area contributed by atoms with Crippen LogP contribution in [0.25, 0.3) is 0 Å². The Balaban J connectivity index is 1.45. The number of amides is 2. The SMILES string of the molecule is CC(C)Oc1cccc(C(=O)Nc2ccc(N3Cc4ccccc4C3=O)cc2)c1. The Hall–Kier alpha value is -3.60. The van der Waals surface area contributed by atoms with Crippen molar-refractivity contribution < 1.29 is 14.3 Å². The maximum absolute atomic E-state index is 12.6. The molecule has 2 amide bonds. The fraction of sp³-hybridized carbons (Fsp3) is 0.167. The zero-order chi connectivity index (χ0) is 20.4. The van der Waals surface area contributed by atoms with Gasteiger partial charge in [-0.1, -0.05) is 24.3 Å². The molecule has 0 aliphatic carbocycles. The number of hydrogen-bond acceptors (Lipinski definition) is 3. The molecule has 3 aromatic carbocycles. The van der Waals surface area contributed by atoms with Crippen LogP contribution in [-0.4, -0.2) is 17.9 Å². The van der Waals surface area contributed by atoms with Gasteiger partial charge < -0.3 is 15.0 Å². The van der Waals surface area contributed by atoms with E-state index in [-0.39, 0.29) is 17.9 Å². The number of nitrogens with zero attached hydrogens (tertiary/aromatic N) is 1. The van der Waals surface area contributed by atoms with Crippen molar-refractivity contribution in [2.75, 3.05) is 10.2 Å². The standard InChI is InChI=1S/C24H22N2O3/c1-16(2)29-21-8-5-7-17(14-21)23(27)25-19-10-12-20(13-11-19)26-15-18-6-3-4-9-22(18)24(26)28/h3-14,16H,15H2,1-2H3,(H,25,27). The van der Waals surface area contributed by atoms with Crippen molar-refractivity contribution in [1.82, 2.24) is 0 Å². The van der Waals surface area contributed by atoms with E-state index < -0.39 is 0 Å². The molecule has 5 nitrogen and oxygen atoms in total. The van der Waals surface area contributed by atoms with Crippen molar-refractivity contribution in [3.63, 3.8) is 0 Å². The zero-order valence-electron chi connectivity index (χ0n) is 16.4. The van der Waals surface area contributed by atoms with Gasteiger partial charge in [0, 0.05) is 22.5 Å². The van der Waals surface area contributed by atoms with E-state index in [1.165, 1.54) is 0 Å². The molecule has 0 spiro atoms. The molecule has 5 heteroatoms. The second-order valence-corrected chi connectivity index (χ2v) is 7.24. The van der Waals surface area contributed by atoms with Crippen LogP contribution in [0.2, 0.25) is 0 Å². The van der Waals surface area contributed by atoms with Gasteiger partial charge >= 0.3 is 0 Å². The number of nitrogens with one attached hydrogen (secondary N) is 1. The van der Waals surface area contributed by atoms with E-state index in [1.807, 2.05) is 56.3 Å². The number of benzene rings is 3. The molecule has 1 aliphatic heterocycles. The number of carbonyl (C=O) groups is 2. The third kappa shape index (κ3) is 3.99. The van der Waals surface area contributed by atoms with E-state index in [9.17, 15) is 9.59 Å². The van der Waals surface area contributed by atoms with Gasteiger partial charge in [0.15, 0.2) is 0 Å². The molecule has 0 aromatic heterocycles. The molecule has 0 radical (unpaired) electrons.